The number of ether oxygens (including phenoxy) is 1. The van der Waals surface area contributed by atoms with E-state index in [2.05, 4.69) is 31.9 Å². The highest BCUT2D eigenvalue weighted by atomic mass is 79.9. The number of fused-ring (bicyclic) bond motifs is 1. The van der Waals surface area contributed by atoms with Crippen molar-refractivity contribution in [3.63, 3.8) is 0 Å². The van der Waals surface area contributed by atoms with Gasteiger partial charge in [0.05, 0.1) is 24.0 Å². The SMILES string of the molecule is O=C(CBr)NCCCCCCOC(=O)CCCC[C@@H]1SC[C@@H]2NC(=O)N[C@@H]21. The first kappa shape index (κ1) is 22.3. The van der Waals surface area contributed by atoms with E-state index in [0.29, 0.717) is 30.2 Å². The molecule has 2 aliphatic rings. The Bertz CT molecular complexity index is 509. The molecule has 2 saturated heterocycles. The molecule has 0 radical (unpaired) electrons. The molecule has 3 atom stereocenters. The quantitative estimate of drug-likeness (QED) is 0.168. The van der Waals surface area contributed by atoms with Gasteiger partial charge in [-0.05, 0) is 32.1 Å². The topological polar surface area (TPSA) is 96.5 Å². The zero-order valence-electron chi connectivity index (χ0n) is 15.6. The summed E-state index contributed by atoms with van der Waals surface area (Å²) in [4.78, 5) is 34.1. The predicted octanol–water partition coefficient (Wildman–Crippen LogP) is 2.33. The van der Waals surface area contributed by atoms with Gasteiger partial charge in [0.15, 0.2) is 0 Å². The Morgan fingerprint density at radius 3 is 2.78 bits per heavy atom. The van der Waals surface area contributed by atoms with E-state index in [4.69, 9.17) is 4.74 Å². The lowest BCUT2D eigenvalue weighted by molar-refractivity contribution is -0.143. The Morgan fingerprint density at radius 1 is 1.15 bits per heavy atom. The smallest absolute Gasteiger partial charge is 0.315 e. The van der Waals surface area contributed by atoms with E-state index in [1.807, 2.05) is 11.8 Å². The van der Waals surface area contributed by atoms with Gasteiger partial charge in [0.2, 0.25) is 5.91 Å². The lowest BCUT2D eigenvalue weighted by atomic mass is 10.0. The number of alkyl halides is 1. The van der Waals surface area contributed by atoms with Crippen LogP contribution in [0.15, 0.2) is 0 Å². The van der Waals surface area contributed by atoms with Crippen LogP contribution in [0.5, 0.6) is 0 Å². The Labute approximate surface area is 173 Å². The van der Waals surface area contributed by atoms with Gasteiger partial charge in [-0.15, -0.1) is 0 Å². The fraction of sp³-hybridized carbons (Fsp3) is 0.833. The maximum Gasteiger partial charge on any atom is 0.315 e. The van der Waals surface area contributed by atoms with Gasteiger partial charge in [0, 0.05) is 24.0 Å². The van der Waals surface area contributed by atoms with Crippen LogP contribution in [-0.4, -0.2) is 59.5 Å². The molecule has 0 bridgehead atoms. The summed E-state index contributed by atoms with van der Waals surface area (Å²) in [5.41, 5.74) is 0. The highest BCUT2D eigenvalue weighted by Gasteiger charge is 2.42. The molecule has 0 spiro atoms. The standard InChI is InChI=1S/C18H30BrN3O4S/c19-11-15(23)20-9-5-1-2-6-10-26-16(24)8-4-3-7-14-17-13(12-27-14)21-18(25)22-17/h13-14,17H,1-12H2,(H,20,23)(H2,21,22,25)/t13-,14-,17-/m0/s1. The summed E-state index contributed by atoms with van der Waals surface area (Å²) in [7, 11) is 0. The summed E-state index contributed by atoms with van der Waals surface area (Å²) < 4.78 is 5.27. The fourth-order valence-electron chi connectivity index (χ4n) is 3.37. The van der Waals surface area contributed by atoms with Crippen molar-refractivity contribution in [3.05, 3.63) is 0 Å². The monoisotopic (exact) mass is 463 g/mol. The first-order chi connectivity index (χ1) is 13.1. The second-order valence-electron chi connectivity index (χ2n) is 6.99. The number of nitrogens with one attached hydrogen (secondary N) is 3. The molecule has 0 aromatic rings. The van der Waals surface area contributed by atoms with Crippen LogP contribution in [0.4, 0.5) is 4.79 Å². The van der Waals surface area contributed by atoms with Crippen molar-refractivity contribution < 1.29 is 19.1 Å². The minimum absolute atomic E-state index is 0.0138. The van der Waals surface area contributed by atoms with Crippen LogP contribution >= 0.6 is 27.7 Å². The highest BCUT2D eigenvalue weighted by molar-refractivity contribution is 9.09. The fourth-order valence-corrected chi connectivity index (χ4v) is 5.11. The van der Waals surface area contributed by atoms with Gasteiger partial charge >= 0.3 is 12.0 Å². The summed E-state index contributed by atoms with van der Waals surface area (Å²) >= 11 is 5.01. The van der Waals surface area contributed by atoms with Crippen molar-refractivity contribution in [2.45, 2.75) is 68.7 Å². The Morgan fingerprint density at radius 2 is 1.96 bits per heavy atom. The molecule has 9 heteroatoms. The van der Waals surface area contributed by atoms with Gasteiger partial charge < -0.3 is 20.7 Å². The van der Waals surface area contributed by atoms with Crippen LogP contribution in [0.2, 0.25) is 0 Å². The second kappa shape index (κ2) is 12.5. The average molecular weight is 464 g/mol. The van der Waals surface area contributed by atoms with Crippen molar-refractivity contribution in [2.24, 2.45) is 0 Å². The van der Waals surface area contributed by atoms with E-state index >= 15 is 0 Å². The second-order valence-corrected chi connectivity index (χ2v) is 8.82. The molecule has 3 amide bonds. The third-order valence-electron chi connectivity index (χ3n) is 4.84. The minimum Gasteiger partial charge on any atom is -0.466 e. The zero-order valence-corrected chi connectivity index (χ0v) is 18.0. The summed E-state index contributed by atoms with van der Waals surface area (Å²) in [5, 5.41) is 9.53. The molecule has 2 rings (SSSR count). The molecule has 0 saturated carbocycles. The number of unbranched alkanes of at least 4 members (excludes halogenated alkanes) is 4. The lowest BCUT2D eigenvalue weighted by Gasteiger charge is -2.16. The van der Waals surface area contributed by atoms with Crippen LogP contribution in [0.25, 0.3) is 0 Å². The first-order valence-electron chi connectivity index (χ1n) is 9.77. The lowest BCUT2D eigenvalue weighted by Crippen LogP contribution is -2.36. The summed E-state index contributed by atoms with van der Waals surface area (Å²) in [6.45, 7) is 1.18. The summed E-state index contributed by atoms with van der Waals surface area (Å²) in [6.07, 6.45) is 7.14. The van der Waals surface area contributed by atoms with Crippen molar-refractivity contribution in [1.29, 1.82) is 0 Å². The molecule has 27 heavy (non-hydrogen) atoms. The van der Waals surface area contributed by atoms with E-state index in [1.54, 1.807) is 0 Å². The van der Waals surface area contributed by atoms with Gasteiger partial charge in [0.25, 0.3) is 0 Å². The predicted molar refractivity (Wildman–Crippen MR) is 110 cm³/mol. The maximum absolute atomic E-state index is 11.8. The number of urea groups is 1. The van der Waals surface area contributed by atoms with Gasteiger partial charge in [-0.25, -0.2) is 4.79 Å². The molecule has 0 aliphatic carbocycles. The normalized spacial score (nSPS) is 23.4. The summed E-state index contributed by atoms with van der Waals surface area (Å²) in [6, 6.07) is 0.447. The first-order valence-corrected chi connectivity index (χ1v) is 11.9. The molecule has 2 fully saturated rings. The molecule has 0 aromatic heterocycles. The Hall–Kier alpha value is -0.960. The molecular formula is C18H30BrN3O4S. The number of thioether (sulfide) groups is 1. The highest BCUT2D eigenvalue weighted by Crippen LogP contribution is 2.33. The summed E-state index contributed by atoms with van der Waals surface area (Å²) in [5.74, 6) is 0.867. The van der Waals surface area contributed by atoms with Crippen LogP contribution in [0, 0.1) is 0 Å². The van der Waals surface area contributed by atoms with Crippen molar-refractivity contribution in [2.75, 3.05) is 24.2 Å². The Balaban J connectivity index is 1.39. The molecule has 2 aliphatic heterocycles. The number of carbonyl (C=O) groups excluding carboxylic acids is 3. The largest absolute Gasteiger partial charge is 0.466 e. The van der Waals surface area contributed by atoms with Gasteiger partial charge in [-0.2, -0.15) is 11.8 Å². The number of carbonyl (C=O) groups is 3. The number of hydrogen-bond donors (Lipinski definition) is 3. The average Bonchev–Trinajstić information content (AvgIpc) is 3.20. The maximum atomic E-state index is 11.8. The van der Waals surface area contributed by atoms with Gasteiger partial charge in [-0.1, -0.05) is 28.8 Å². The zero-order chi connectivity index (χ0) is 19.5. The minimum atomic E-state index is -0.118. The van der Waals surface area contributed by atoms with Gasteiger partial charge in [0.1, 0.15) is 0 Å². The van der Waals surface area contributed by atoms with E-state index in [1.165, 1.54) is 0 Å². The molecule has 7 nitrogen and oxygen atoms in total. The van der Waals surface area contributed by atoms with Crippen LogP contribution in [-0.2, 0) is 14.3 Å². The molecule has 0 aromatic carbocycles. The van der Waals surface area contributed by atoms with Crippen molar-refractivity contribution >= 4 is 45.6 Å². The van der Waals surface area contributed by atoms with Crippen LogP contribution < -0.4 is 16.0 Å². The molecule has 3 N–H and O–H groups in total. The van der Waals surface area contributed by atoms with Crippen LogP contribution in [0.1, 0.15) is 51.4 Å². The number of halogens is 1. The molecular weight excluding hydrogens is 434 g/mol. The van der Waals surface area contributed by atoms with E-state index < -0.39 is 0 Å². The number of hydrogen-bond acceptors (Lipinski definition) is 5. The molecule has 154 valence electrons. The third kappa shape index (κ3) is 8.29. The van der Waals surface area contributed by atoms with E-state index in [-0.39, 0.29) is 30.0 Å². The Kier molecular flexibility index (Phi) is 10.3. The van der Waals surface area contributed by atoms with E-state index in [9.17, 15) is 14.4 Å². The number of amides is 3. The van der Waals surface area contributed by atoms with Crippen molar-refractivity contribution in [3.8, 4) is 0 Å². The van der Waals surface area contributed by atoms with Crippen LogP contribution in [0.3, 0.4) is 0 Å². The number of esters is 1. The third-order valence-corrected chi connectivity index (χ3v) is 6.85. The number of rotatable bonds is 13. The van der Waals surface area contributed by atoms with Gasteiger partial charge in [-0.3, -0.25) is 9.59 Å². The molecule has 0 unspecified atom stereocenters. The van der Waals surface area contributed by atoms with E-state index in [0.717, 1.165) is 50.7 Å². The van der Waals surface area contributed by atoms with Crippen molar-refractivity contribution in [1.82, 2.24) is 16.0 Å². The molecule has 2 heterocycles.